The van der Waals surface area contributed by atoms with Gasteiger partial charge in [0.2, 0.25) is 0 Å². The Kier molecular flexibility index (Phi) is 4.60. The standard InChI is InChI=1S/C28H29NO5/c1-28(2)24-21(23-26(34-28)16-7-5-6-8-17(16)29-27(23)31)20(22(24)25(30)14-9-10-14)15-11-12-18(32-3)19(13-15)33-4/h5-8,11-14,20-22,24H,9-10H2,1-4H3,(H,29,31)/t20-,21-,22+,24+/m0/s1. The number of Topliss-reactive ketones (excluding diaryl/α,β-unsaturated/α-hetero) is 1. The van der Waals surface area contributed by atoms with Crippen molar-refractivity contribution in [2.45, 2.75) is 44.1 Å². The second kappa shape index (κ2) is 7.36. The second-order valence-corrected chi connectivity index (χ2v) is 10.3. The molecule has 0 spiro atoms. The molecule has 2 heterocycles. The molecule has 1 aliphatic heterocycles. The van der Waals surface area contributed by atoms with Crippen LogP contribution in [0.4, 0.5) is 0 Å². The summed E-state index contributed by atoms with van der Waals surface area (Å²) < 4.78 is 17.6. The fourth-order valence-corrected chi connectivity index (χ4v) is 6.41. The first-order valence-electron chi connectivity index (χ1n) is 11.9. The van der Waals surface area contributed by atoms with E-state index >= 15 is 0 Å². The van der Waals surface area contributed by atoms with E-state index in [2.05, 4.69) is 18.8 Å². The number of methoxy groups -OCH3 is 2. The van der Waals surface area contributed by atoms with E-state index in [4.69, 9.17) is 14.2 Å². The van der Waals surface area contributed by atoms with Crippen molar-refractivity contribution in [1.82, 2.24) is 4.98 Å². The number of H-pyrrole nitrogens is 1. The minimum Gasteiger partial charge on any atom is -0.493 e. The molecular weight excluding hydrogens is 430 g/mol. The number of para-hydroxylation sites is 1. The number of pyridine rings is 1. The monoisotopic (exact) mass is 459 g/mol. The van der Waals surface area contributed by atoms with Crippen LogP contribution in [0.5, 0.6) is 17.2 Å². The number of hydrogen-bond donors (Lipinski definition) is 1. The zero-order chi connectivity index (χ0) is 23.8. The summed E-state index contributed by atoms with van der Waals surface area (Å²) in [5.41, 5.74) is 1.68. The van der Waals surface area contributed by atoms with Gasteiger partial charge >= 0.3 is 0 Å². The molecule has 2 fully saturated rings. The first-order chi connectivity index (χ1) is 16.4. The number of nitrogens with one attached hydrogen (secondary N) is 1. The van der Waals surface area contributed by atoms with Crippen molar-refractivity contribution in [3.63, 3.8) is 0 Å². The Morgan fingerprint density at radius 2 is 1.76 bits per heavy atom. The quantitative estimate of drug-likeness (QED) is 0.593. The van der Waals surface area contributed by atoms with Crippen LogP contribution in [0.3, 0.4) is 0 Å². The van der Waals surface area contributed by atoms with Crippen LogP contribution in [0.15, 0.2) is 47.3 Å². The lowest BCUT2D eigenvalue weighted by molar-refractivity contribution is -0.145. The van der Waals surface area contributed by atoms with Crippen LogP contribution < -0.4 is 19.8 Å². The van der Waals surface area contributed by atoms with Gasteiger partial charge in [0, 0.05) is 35.0 Å². The second-order valence-electron chi connectivity index (χ2n) is 10.3. The SMILES string of the molecule is COc1ccc([C@@H]2[C@@H](C(=O)C3CC3)[C@H]3[C@@H]2c2c(c4ccccc4[nH]c2=O)OC3(C)C)cc1OC. The fraction of sp³-hybridized carbons (Fsp3) is 0.429. The number of carbonyl (C=O) groups excluding carboxylic acids is 1. The smallest absolute Gasteiger partial charge is 0.255 e. The summed E-state index contributed by atoms with van der Waals surface area (Å²) in [5.74, 6) is 1.81. The number of fused-ring (bicyclic) bond motifs is 5. The van der Waals surface area contributed by atoms with E-state index in [9.17, 15) is 9.59 Å². The van der Waals surface area contributed by atoms with Crippen LogP contribution in [0.1, 0.15) is 49.7 Å². The average molecular weight is 460 g/mol. The molecule has 2 aliphatic carbocycles. The Morgan fingerprint density at radius 1 is 1.03 bits per heavy atom. The maximum Gasteiger partial charge on any atom is 0.255 e. The van der Waals surface area contributed by atoms with Crippen LogP contribution in [0.25, 0.3) is 10.9 Å². The number of hydrogen-bond acceptors (Lipinski definition) is 5. The number of aromatic amines is 1. The largest absolute Gasteiger partial charge is 0.493 e. The third-order valence-electron chi connectivity index (χ3n) is 8.06. The van der Waals surface area contributed by atoms with Crippen molar-refractivity contribution >= 4 is 16.7 Å². The molecule has 0 saturated heterocycles. The van der Waals surface area contributed by atoms with Gasteiger partial charge in [-0.15, -0.1) is 0 Å². The van der Waals surface area contributed by atoms with Crippen LogP contribution in [0.2, 0.25) is 0 Å². The Hall–Kier alpha value is -3.28. The first-order valence-corrected chi connectivity index (χ1v) is 11.9. The topological polar surface area (TPSA) is 77.6 Å². The molecule has 3 aromatic rings. The summed E-state index contributed by atoms with van der Waals surface area (Å²) >= 11 is 0. The summed E-state index contributed by atoms with van der Waals surface area (Å²) in [6.45, 7) is 4.11. The Morgan fingerprint density at radius 3 is 2.47 bits per heavy atom. The molecule has 6 rings (SSSR count). The molecule has 0 bridgehead atoms. The number of benzene rings is 2. The molecule has 2 aromatic carbocycles. The molecule has 1 N–H and O–H groups in total. The van der Waals surface area contributed by atoms with E-state index in [1.807, 2.05) is 42.5 Å². The maximum absolute atomic E-state index is 13.6. The van der Waals surface area contributed by atoms with Gasteiger partial charge in [0.25, 0.3) is 5.56 Å². The van der Waals surface area contributed by atoms with Crippen molar-refractivity contribution in [2.24, 2.45) is 17.8 Å². The number of rotatable bonds is 5. The minimum atomic E-state index is -0.587. The molecule has 0 radical (unpaired) electrons. The van der Waals surface area contributed by atoms with Gasteiger partial charge in [-0.05, 0) is 56.5 Å². The predicted molar refractivity (Wildman–Crippen MR) is 129 cm³/mol. The molecule has 3 aliphatic rings. The van der Waals surface area contributed by atoms with Gasteiger partial charge in [-0.25, -0.2) is 0 Å². The predicted octanol–water partition coefficient (Wildman–Crippen LogP) is 4.81. The highest BCUT2D eigenvalue weighted by Crippen LogP contribution is 2.67. The highest BCUT2D eigenvalue weighted by atomic mass is 16.5. The van der Waals surface area contributed by atoms with Crippen LogP contribution in [0, 0.1) is 17.8 Å². The normalized spacial score (nSPS) is 26.6. The van der Waals surface area contributed by atoms with Crippen molar-refractivity contribution in [3.05, 3.63) is 63.9 Å². The molecule has 0 amide bonds. The van der Waals surface area contributed by atoms with Gasteiger partial charge in [-0.1, -0.05) is 18.2 Å². The zero-order valence-corrected chi connectivity index (χ0v) is 19.9. The van der Waals surface area contributed by atoms with E-state index in [-0.39, 0.29) is 35.1 Å². The fourth-order valence-electron chi connectivity index (χ4n) is 6.41. The summed E-state index contributed by atoms with van der Waals surface area (Å²) in [6.07, 6.45) is 1.91. The Balaban J connectivity index is 1.57. The van der Waals surface area contributed by atoms with Crippen LogP contribution in [-0.4, -0.2) is 30.6 Å². The lowest BCUT2D eigenvalue weighted by atomic mass is 9.46. The van der Waals surface area contributed by atoms with Gasteiger partial charge in [0.05, 0.1) is 25.3 Å². The number of carbonyl (C=O) groups is 1. The molecule has 6 nitrogen and oxygen atoms in total. The molecule has 4 atom stereocenters. The summed E-state index contributed by atoms with van der Waals surface area (Å²) in [5, 5.41) is 0.895. The lowest BCUT2D eigenvalue weighted by Crippen LogP contribution is -2.61. The summed E-state index contributed by atoms with van der Waals surface area (Å²) in [7, 11) is 3.22. The Bertz CT molecular complexity index is 1370. The maximum atomic E-state index is 13.6. The van der Waals surface area contributed by atoms with Crippen LogP contribution in [-0.2, 0) is 4.79 Å². The zero-order valence-electron chi connectivity index (χ0n) is 19.9. The molecule has 1 aromatic heterocycles. The highest BCUT2D eigenvalue weighted by molar-refractivity contribution is 5.90. The van der Waals surface area contributed by atoms with E-state index in [0.29, 0.717) is 28.6 Å². The molecule has 176 valence electrons. The summed E-state index contributed by atoms with van der Waals surface area (Å²) in [6, 6.07) is 13.6. The van der Waals surface area contributed by atoms with Crippen LogP contribution >= 0.6 is 0 Å². The van der Waals surface area contributed by atoms with Crippen molar-refractivity contribution in [1.29, 1.82) is 0 Å². The van der Waals surface area contributed by atoms with Gasteiger partial charge in [-0.3, -0.25) is 9.59 Å². The van der Waals surface area contributed by atoms with E-state index < -0.39 is 5.60 Å². The first kappa shape index (κ1) is 21.3. The van der Waals surface area contributed by atoms with E-state index in [0.717, 1.165) is 29.3 Å². The summed E-state index contributed by atoms with van der Waals surface area (Å²) in [4.78, 5) is 30.1. The lowest BCUT2D eigenvalue weighted by Gasteiger charge is -2.60. The minimum absolute atomic E-state index is 0.0755. The highest BCUT2D eigenvalue weighted by Gasteiger charge is 2.65. The molecular formula is C28H29NO5. The van der Waals surface area contributed by atoms with Gasteiger partial charge < -0.3 is 19.2 Å². The third kappa shape index (κ3) is 2.93. The molecule has 0 unspecified atom stereocenters. The number of aromatic nitrogens is 1. The Labute approximate surface area is 198 Å². The number of ketones is 1. The third-order valence-corrected chi connectivity index (χ3v) is 8.06. The van der Waals surface area contributed by atoms with E-state index in [1.54, 1.807) is 14.2 Å². The molecule has 6 heteroatoms. The molecule has 34 heavy (non-hydrogen) atoms. The molecule has 2 saturated carbocycles. The van der Waals surface area contributed by atoms with Gasteiger partial charge in [0.1, 0.15) is 17.1 Å². The average Bonchev–Trinajstić information content (AvgIpc) is 3.64. The van der Waals surface area contributed by atoms with Gasteiger partial charge in [0.15, 0.2) is 11.5 Å². The van der Waals surface area contributed by atoms with Crippen molar-refractivity contribution in [2.75, 3.05) is 14.2 Å². The van der Waals surface area contributed by atoms with Crippen molar-refractivity contribution in [3.8, 4) is 17.2 Å². The van der Waals surface area contributed by atoms with Gasteiger partial charge in [-0.2, -0.15) is 0 Å². The van der Waals surface area contributed by atoms with E-state index in [1.165, 1.54) is 0 Å². The van der Waals surface area contributed by atoms with Crippen molar-refractivity contribution < 1.29 is 19.0 Å². The number of ether oxygens (including phenoxy) is 3.